The lowest BCUT2D eigenvalue weighted by atomic mass is 9.93. The van der Waals surface area contributed by atoms with Crippen LogP contribution in [-0.4, -0.2) is 25.7 Å². The number of rotatable bonds is 8. The summed E-state index contributed by atoms with van der Waals surface area (Å²) < 4.78 is 28.4. The van der Waals surface area contributed by atoms with E-state index >= 15 is 0 Å². The van der Waals surface area contributed by atoms with Gasteiger partial charge in [-0.2, -0.15) is 0 Å². The number of thiophene rings is 1. The first kappa shape index (κ1) is 18.1. The van der Waals surface area contributed by atoms with E-state index in [4.69, 9.17) is 0 Å². The third-order valence-corrected chi connectivity index (χ3v) is 6.94. The van der Waals surface area contributed by atoms with Crippen molar-refractivity contribution < 1.29 is 13.5 Å². The third kappa shape index (κ3) is 4.80. The molecular formula is C13H22BrNO3S2. The molecule has 1 aromatic rings. The van der Waals surface area contributed by atoms with Gasteiger partial charge in [0, 0.05) is 0 Å². The van der Waals surface area contributed by atoms with Gasteiger partial charge in [-0.1, -0.05) is 33.6 Å². The van der Waals surface area contributed by atoms with Crippen LogP contribution in [0, 0.1) is 5.92 Å². The summed E-state index contributed by atoms with van der Waals surface area (Å²) in [5, 5.41) is 10.2. The monoisotopic (exact) mass is 383 g/mol. The Morgan fingerprint density at radius 3 is 2.50 bits per heavy atom. The predicted octanol–water partition coefficient (Wildman–Crippen LogP) is 3.36. The standard InChI is InChI=1S/C13H22BrNO3S2/c1-4-6-10(16)13(9(3)5-2)15-20(17,18)12-8-7-11(14)19-12/h7-10,13,15-16H,4-6H2,1-3H3/t9-,10?,13-/m0/s1. The van der Waals surface area contributed by atoms with Crippen LogP contribution in [0.15, 0.2) is 20.1 Å². The van der Waals surface area contributed by atoms with Gasteiger partial charge in [0.2, 0.25) is 10.0 Å². The zero-order valence-electron chi connectivity index (χ0n) is 12.0. The normalized spacial score (nSPS) is 16.9. The molecule has 0 saturated heterocycles. The molecule has 7 heteroatoms. The molecule has 0 aliphatic carbocycles. The molecule has 0 amide bonds. The molecule has 116 valence electrons. The molecule has 1 rings (SSSR count). The second kappa shape index (κ2) is 7.89. The van der Waals surface area contributed by atoms with E-state index in [1.807, 2.05) is 20.8 Å². The van der Waals surface area contributed by atoms with Crippen molar-refractivity contribution in [3.8, 4) is 0 Å². The second-order valence-corrected chi connectivity index (χ2v) is 9.35. The summed E-state index contributed by atoms with van der Waals surface area (Å²) in [6.45, 7) is 5.92. The highest BCUT2D eigenvalue weighted by Crippen LogP contribution is 2.27. The summed E-state index contributed by atoms with van der Waals surface area (Å²) in [4.78, 5) is 0. The molecule has 0 aromatic carbocycles. The highest BCUT2D eigenvalue weighted by atomic mass is 79.9. The van der Waals surface area contributed by atoms with E-state index in [0.717, 1.165) is 16.6 Å². The average molecular weight is 384 g/mol. The average Bonchev–Trinajstić information content (AvgIpc) is 2.83. The van der Waals surface area contributed by atoms with E-state index in [1.54, 1.807) is 12.1 Å². The highest BCUT2D eigenvalue weighted by molar-refractivity contribution is 9.11. The fourth-order valence-electron chi connectivity index (χ4n) is 1.98. The summed E-state index contributed by atoms with van der Waals surface area (Å²) in [6, 6.07) is 2.82. The van der Waals surface area contributed by atoms with Crippen LogP contribution in [0.2, 0.25) is 0 Å². The minimum Gasteiger partial charge on any atom is -0.391 e. The van der Waals surface area contributed by atoms with Crippen molar-refractivity contribution in [3.63, 3.8) is 0 Å². The Hall–Kier alpha value is 0.0500. The molecule has 1 aromatic heterocycles. The number of aliphatic hydroxyl groups excluding tert-OH is 1. The van der Waals surface area contributed by atoms with E-state index < -0.39 is 22.2 Å². The van der Waals surface area contributed by atoms with Gasteiger partial charge in [0.05, 0.1) is 15.9 Å². The van der Waals surface area contributed by atoms with Gasteiger partial charge in [0.1, 0.15) is 4.21 Å². The van der Waals surface area contributed by atoms with E-state index in [2.05, 4.69) is 20.7 Å². The van der Waals surface area contributed by atoms with Gasteiger partial charge in [-0.15, -0.1) is 11.3 Å². The van der Waals surface area contributed by atoms with Crippen LogP contribution < -0.4 is 4.72 Å². The molecular weight excluding hydrogens is 362 g/mol. The van der Waals surface area contributed by atoms with Crippen LogP contribution in [-0.2, 0) is 10.0 Å². The largest absolute Gasteiger partial charge is 0.391 e. The van der Waals surface area contributed by atoms with Gasteiger partial charge >= 0.3 is 0 Å². The van der Waals surface area contributed by atoms with Crippen molar-refractivity contribution in [2.75, 3.05) is 0 Å². The third-order valence-electron chi connectivity index (χ3n) is 3.36. The zero-order valence-corrected chi connectivity index (χ0v) is 15.2. The maximum atomic E-state index is 12.4. The van der Waals surface area contributed by atoms with Crippen LogP contribution in [0.25, 0.3) is 0 Å². The smallest absolute Gasteiger partial charge is 0.250 e. The Morgan fingerprint density at radius 2 is 2.05 bits per heavy atom. The SMILES string of the molecule is CCCC(O)[C@@H](NS(=O)(=O)c1ccc(Br)s1)[C@@H](C)CC. The molecule has 0 bridgehead atoms. The summed E-state index contributed by atoms with van der Waals surface area (Å²) >= 11 is 4.43. The molecule has 0 spiro atoms. The topological polar surface area (TPSA) is 66.4 Å². The van der Waals surface area contributed by atoms with Gasteiger partial charge < -0.3 is 5.11 Å². The first-order chi connectivity index (χ1) is 9.31. The molecule has 3 atom stereocenters. The molecule has 0 aliphatic rings. The molecule has 0 fully saturated rings. The molecule has 2 N–H and O–H groups in total. The van der Waals surface area contributed by atoms with Crippen molar-refractivity contribution in [1.82, 2.24) is 4.72 Å². The Kier molecular flexibility index (Phi) is 7.14. The Morgan fingerprint density at radius 1 is 1.40 bits per heavy atom. The van der Waals surface area contributed by atoms with Crippen molar-refractivity contribution in [3.05, 3.63) is 15.9 Å². The van der Waals surface area contributed by atoms with Gasteiger partial charge in [-0.25, -0.2) is 13.1 Å². The molecule has 0 radical (unpaired) electrons. The first-order valence-electron chi connectivity index (χ1n) is 6.77. The van der Waals surface area contributed by atoms with Crippen LogP contribution in [0.5, 0.6) is 0 Å². The fraction of sp³-hybridized carbons (Fsp3) is 0.692. The number of hydrogen-bond acceptors (Lipinski definition) is 4. The second-order valence-electron chi connectivity index (χ2n) is 4.95. The number of hydrogen-bond donors (Lipinski definition) is 2. The van der Waals surface area contributed by atoms with Gasteiger partial charge in [0.25, 0.3) is 0 Å². The van der Waals surface area contributed by atoms with Crippen molar-refractivity contribution in [2.45, 2.75) is 56.4 Å². The van der Waals surface area contributed by atoms with Crippen LogP contribution >= 0.6 is 27.3 Å². The minimum atomic E-state index is -3.58. The van der Waals surface area contributed by atoms with Crippen LogP contribution in [0.4, 0.5) is 0 Å². The van der Waals surface area contributed by atoms with Gasteiger partial charge in [0.15, 0.2) is 0 Å². The Bertz CT molecular complexity index is 515. The number of halogens is 1. The molecule has 20 heavy (non-hydrogen) atoms. The lowest BCUT2D eigenvalue weighted by Gasteiger charge is -2.28. The number of aliphatic hydroxyl groups is 1. The molecule has 1 unspecified atom stereocenters. The Labute approximate surface area is 133 Å². The van der Waals surface area contributed by atoms with Crippen molar-refractivity contribution >= 4 is 37.3 Å². The maximum absolute atomic E-state index is 12.4. The van der Waals surface area contributed by atoms with Gasteiger partial charge in [-0.3, -0.25) is 0 Å². The van der Waals surface area contributed by atoms with E-state index in [0.29, 0.717) is 6.42 Å². The summed E-state index contributed by atoms with van der Waals surface area (Å²) in [5.74, 6) is 0.0785. The lowest BCUT2D eigenvalue weighted by molar-refractivity contribution is 0.102. The zero-order chi connectivity index (χ0) is 15.3. The predicted molar refractivity (Wildman–Crippen MR) is 86.5 cm³/mol. The fourth-order valence-corrected chi connectivity index (χ4v) is 5.39. The Balaban J connectivity index is 2.94. The lowest BCUT2D eigenvalue weighted by Crippen LogP contribution is -2.47. The van der Waals surface area contributed by atoms with Crippen LogP contribution in [0.3, 0.4) is 0 Å². The first-order valence-corrected chi connectivity index (χ1v) is 9.86. The number of sulfonamides is 1. The number of nitrogens with one attached hydrogen (secondary N) is 1. The molecule has 0 aliphatic heterocycles. The summed E-state index contributed by atoms with van der Waals surface area (Å²) in [5.41, 5.74) is 0. The summed E-state index contributed by atoms with van der Waals surface area (Å²) in [7, 11) is -3.58. The van der Waals surface area contributed by atoms with E-state index in [1.165, 1.54) is 11.3 Å². The molecule has 1 heterocycles. The van der Waals surface area contributed by atoms with Crippen LogP contribution in [0.1, 0.15) is 40.0 Å². The molecule has 0 saturated carbocycles. The van der Waals surface area contributed by atoms with Gasteiger partial charge in [-0.05, 0) is 40.4 Å². The maximum Gasteiger partial charge on any atom is 0.250 e. The van der Waals surface area contributed by atoms with E-state index in [-0.39, 0.29) is 10.1 Å². The quantitative estimate of drug-likeness (QED) is 0.722. The van der Waals surface area contributed by atoms with Crippen molar-refractivity contribution in [1.29, 1.82) is 0 Å². The minimum absolute atomic E-state index is 0.0785. The highest BCUT2D eigenvalue weighted by Gasteiger charge is 2.29. The van der Waals surface area contributed by atoms with E-state index in [9.17, 15) is 13.5 Å². The molecule has 4 nitrogen and oxygen atoms in total. The summed E-state index contributed by atoms with van der Waals surface area (Å²) in [6.07, 6.45) is 1.56. The van der Waals surface area contributed by atoms with Crippen molar-refractivity contribution in [2.24, 2.45) is 5.92 Å².